The molecule has 0 saturated heterocycles. The Morgan fingerprint density at radius 2 is 1.64 bits per heavy atom. The SMILES string of the molecule is C=C/C(=C\c1c(C)n(C2=CC=CCC2)c2ccc(-c3cccc4c3OC/C=C\C=C/C4=C)cc12)c1ccc2c(c1)C(C)(C)c1cc(OC3=C(C)CCCC=C3)ccc1-2. The molecule has 9 rings (SSSR count). The van der Waals surface area contributed by atoms with Gasteiger partial charge in [0.15, 0.2) is 0 Å². The molecule has 1 aromatic heterocycles. The Hall–Kier alpha value is -6.32. The van der Waals surface area contributed by atoms with Crippen LogP contribution in [0.5, 0.6) is 11.5 Å². The van der Waals surface area contributed by atoms with Crippen LogP contribution in [0.1, 0.15) is 86.4 Å². The molecule has 0 fully saturated rings. The van der Waals surface area contributed by atoms with Crippen LogP contribution in [0.25, 0.3) is 56.1 Å². The standard InChI is InChI=1S/C55H51NO2/c1-7-39(40-25-28-46-47-29-27-43(35-51(47)55(5,6)50(46)34-40)58-53-24-15-8-11-19-37(53)3)32-48-38(4)56(42-20-13-9-14-21-42)52-30-26-41(33-49(48)52)45-23-17-22-44-36(2)18-12-10-16-31-57-54(44)45/h7,9-10,12-13,15-18,20,22-30,32-35H,1-2,8,11,14,19,21,31H2,3-6H3/b16-10-,18-12-,39-32+. The lowest BCUT2D eigenvalue weighted by Crippen LogP contribution is -2.15. The molecule has 4 aromatic carbocycles. The lowest BCUT2D eigenvalue weighted by Gasteiger charge is -2.23. The third kappa shape index (κ3) is 6.59. The van der Waals surface area contributed by atoms with E-state index in [-0.39, 0.29) is 5.41 Å². The molecule has 1 aliphatic heterocycles. The van der Waals surface area contributed by atoms with Gasteiger partial charge in [0.1, 0.15) is 23.9 Å². The Bertz CT molecular complexity index is 2750. The van der Waals surface area contributed by atoms with Crippen LogP contribution >= 0.6 is 0 Å². The average molecular weight is 758 g/mol. The van der Waals surface area contributed by atoms with E-state index in [0.29, 0.717) is 6.61 Å². The smallest absolute Gasteiger partial charge is 0.135 e. The van der Waals surface area contributed by atoms with Crippen molar-refractivity contribution in [2.45, 2.75) is 65.2 Å². The predicted octanol–water partition coefficient (Wildman–Crippen LogP) is 14.8. The molecule has 3 nitrogen and oxygen atoms in total. The van der Waals surface area contributed by atoms with E-state index in [1.165, 1.54) is 62.1 Å². The predicted molar refractivity (Wildman–Crippen MR) is 246 cm³/mol. The van der Waals surface area contributed by atoms with E-state index in [0.717, 1.165) is 76.3 Å². The van der Waals surface area contributed by atoms with Crippen molar-refractivity contribution in [3.05, 3.63) is 192 Å². The van der Waals surface area contributed by atoms with Gasteiger partial charge in [0.25, 0.3) is 0 Å². The van der Waals surface area contributed by atoms with Crippen molar-refractivity contribution < 1.29 is 9.47 Å². The number of aromatic nitrogens is 1. The molecule has 4 aliphatic rings. The van der Waals surface area contributed by atoms with Crippen molar-refractivity contribution in [2.24, 2.45) is 0 Å². The van der Waals surface area contributed by atoms with Gasteiger partial charge in [-0.1, -0.05) is 112 Å². The van der Waals surface area contributed by atoms with Crippen molar-refractivity contribution in [3.63, 3.8) is 0 Å². The first kappa shape index (κ1) is 37.3. The second kappa shape index (κ2) is 15.2. The van der Waals surface area contributed by atoms with Crippen LogP contribution in [-0.4, -0.2) is 11.2 Å². The first-order valence-electron chi connectivity index (χ1n) is 20.7. The van der Waals surface area contributed by atoms with Crippen molar-refractivity contribution >= 4 is 33.8 Å². The van der Waals surface area contributed by atoms with Crippen molar-refractivity contribution in [2.75, 3.05) is 6.61 Å². The zero-order chi connectivity index (χ0) is 40.0. The van der Waals surface area contributed by atoms with Crippen LogP contribution in [0.4, 0.5) is 0 Å². The minimum absolute atomic E-state index is 0.207. The Morgan fingerprint density at radius 1 is 0.810 bits per heavy atom. The van der Waals surface area contributed by atoms with Crippen LogP contribution in [0.2, 0.25) is 0 Å². The molecule has 58 heavy (non-hydrogen) atoms. The summed E-state index contributed by atoms with van der Waals surface area (Å²) < 4.78 is 15.4. The monoisotopic (exact) mass is 757 g/mol. The van der Waals surface area contributed by atoms with Gasteiger partial charge in [0, 0.05) is 38.9 Å². The summed E-state index contributed by atoms with van der Waals surface area (Å²) >= 11 is 0. The van der Waals surface area contributed by atoms with E-state index in [1.54, 1.807) is 0 Å². The van der Waals surface area contributed by atoms with Gasteiger partial charge in [0.05, 0.1) is 5.52 Å². The van der Waals surface area contributed by atoms with Gasteiger partial charge in [-0.05, 0) is 151 Å². The summed E-state index contributed by atoms with van der Waals surface area (Å²) in [6, 6.07) is 26.8. The largest absolute Gasteiger partial charge is 0.488 e. The van der Waals surface area contributed by atoms with Gasteiger partial charge < -0.3 is 14.0 Å². The molecular weight excluding hydrogens is 707 g/mol. The average Bonchev–Trinajstić information content (AvgIpc) is 3.57. The van der Waals surface area contributed by atoms with Gasteiger partial charge in [-0.3, -0.25) is 0 Å². The topological polar surface area (TPSA) is 23.4 Å². The normalized spacial score (nSPS) is 18.2. The first-order valence-corrected chi connectivity index (χ1v) is 20.7. The zero-order valence-corrected chi connectivity index (χ0v) is 34.2. The highest BCUT2D eigenvalue weighted by Crippen LogP contribution is 2.51. The highest BCUT2D eigenvalue weighted by Gasteiger charge is 2.36. The lowest BCUT2D eigenvalue weighted by atomic mass is 9.81. The summed E-state index contributed by atoms with van der Waals surface area (Å²) in [5.74, 6) is 2.73. The van der Waals surface area contributed by atoms with Gasteiger partial charge in [-0.25, -0.2) is 0 Å². The number of rotatable bonds is 7. The molecule has 0 radical (unpaired) electrons. The molecule has 0 spiro atoms. The Balaban J connectivity index is 1.14. The van der Waals surface area contributed by atoms with Crippen molar-refractivity contribution in [1.29, 1.82) is 0 Å². The van der Waals surface area contributed by atoms with Crippen molar-refractivity contribution in [1.82, 2.24) is 4.57 Å². The minimum Gasteiger partial charge on any atom is -0.488 e. The molecule has 0 amide bonds. The molecule has 0 N–H and O–H groups in total. The van der Waals surface area contributed by atoms with E-state index in [4.69, 9.17) is 9.47 Å². The molecule has 0 saturated carbocycles. The number of para-hydroxylation sites is 1. The van der Waals surface area contributed by atoms with E-state index in [9.17, 15) is 0 Å². The third-order valence-corrected chi connectivity index (χ3v) is 12.4. The summed E-state index contributed by atoms with van der Waals surface area (Å²) in [5.41, 5.74) is 17.5. The Morgan fingerprint density at radius 3 is 2.47 bits per heavy atom. The van der Waals surface area contributed by atoms with Crippen LogP contribution in [0, 0.1) is 6.92 Å². The van der Waals surface area contributed by atoms with Gasteiger partial charge >= 0.3 is 0 Å². The summed E-state index contributed by atoms with van der Waals surface area (Å²) in [5, 5.41) is 1.19. The van der Waals surface area contributed by atoms with E-state index in [1.807, 2.05) is 30.4 Å². The molecule has 288 valence electrons. The molecule has 5 aromatic rings. The maximum Gasteiger partial charge on any atom is 0.135 e. The Kier molecular flexibility index (Phi) is 9.77. The molecule has 0 bridgehead atoms. The summed E-state index contributed by atoms with van der Waals surface area (Å²) in [6.07, 6.45) is 28.9. The fraction of sp³-hybridized carbons (Fsp3) is 0.200. The van der Waals surface area contributed by atoms with E-state index < -0.39 is 0 Å². The minimum atomic E-state index is -0.207. The number of nitrogens with zero attached hydrogens (tertiary/aromatic N) is 1. The van der Waals surface area contributed by atoms with Gasteiger partial charge in [0.2, 0.25) is 0 Å². The summed E-state index contributed by atoms with van der Waals surface area (Å²) in [4.78, 5) is 0. The van der Waals surface area contributed by atoms with Gasteiger partial charge in [-0.15, -0.1) is 0 Å². The summed E-state index contributed by atoms with van der Waals surface area (Å²) in [7, 11) is 0. The molecule has 0 unspecified atom stereocenters. The number of ether oxygens (including phenoxy) is 2. The maximum absolute atomic E-state index is 6.53. The number of fused-ring (bicyclic) bond motifs is 5. The number of hydrogen-bond donors (Lipinski definition) is 0. The molecule has 3 aliphatic carbocycles. The number of hydrogen-bond acceptors (Lipinski definition) is 2. The van der Waals surface area contributed by atoms with E-state index >= 15 is 0 Å². The molecule has 2 heterocycles. The van der Waals surface area contributed by atoms with Gasteiger partial charge in [-0.2, -0.15) is 0 Å². The zero-order valence-electron chi connectivity index (χ0n) is 34.2. The van der Waals surface area contributed by atoms with Crippen LogP contribution in [-0.2, 0) is 5.41 Å². The molecule has 0 atom stereocenters. The lowest BCUT2D eigenvalue weighted by molar-refractivity contribution is 0.363. The second-order valence-corrected chi connectivity index (χ2v) is 16.4. The molecular formula is C55H51NO2. The van der Waals surface area contributed by atoms with Crippen LogP contribution < -0.4 is 9.47 Å². The first-order chi connectivity index (χ1) is 28.2. The molecule has 3 heteroatoms. The van der Waals surface area contributed by atoms with E-state index in [2.05, 4.69) is 155 Å². The highest BCUT2D eigenvalue weighted by molar-refractivity contribution is 6.02. The van der Waals surface area contributed by atoms with Crippen LogP contribution in [0.15, 0.2) is 158 Å². The van der Waals surface area contributed by atoms with Crippen molar-refractivity contribution in [3.8, 4) is 33.8 Å². The highest BCUT2D eigenvalue weighted by atomic mass is 16.5. The second-order valence-electron chi connectivity index (χ2n) is 16.4. The fourth-order valence-corrected chi connectivity index (χ4v) is 9.20. The number of allylic oxidation sites excluding steroid dienone is 13. The maximum atomic E-state index is 6.53. The Labute approximate surface area is 343 Å². The van der Waals surface area contributed by atoms with Crippen LogP contribution in [0.3, 0.4) is 0 Å². The summed E-state index contributed by atoms with van der Waals surface area (Å²) in [6.45, 7) is 18.3. The fourth-order valence-electron chi connectivity index (χ4n) is 9.20. The number of benzene rings is 4. The quantitative estimate of drug-likeness (QED) is 0.154. The third-order valence-electron chi connectivity index (χ3n) is 12.4.